The molecule has 1 atom stereocenters. The van der Waals surface area contributed by atoms with E-state index in [9.17, 15) is 9.59 Å². The first-order chi connectivity index (χ1) is 18.0. The monoisotopic (exact) mass is 519 g/mol. The maximum atomic E-state index is 13.3. The zero-order chi connectivity index (χ0) is 25.8. The molecule has 0 radical (unpaired) electrons. The first-order valence-electron chi connectivity index (χ1n) is 12.3. The van der Waals surface area contributed by atoms with E-state index in [0.29, 0.717) is 29.4 Å². The summed E-state index contributed by atoms with van der Waals surface area (Å²) in [5.41, 5.74) is 2.62. The molecule has 2 aromatic rings. The van der Waals surface area contributed by atoms with Crippen LogP contribution in [-0.4, -0.2) is 48.3 Å². The van der Waals surface area contributed by atoms with Crippen LogP contribution in [0.15, 0.2) is 82.0 Å². The number of benzene rings is 2. The van der Waals surface area contributed by atoms with E-state index < -0.39 is 12.0 Å². The Hall–Kier alpha value is -3.56. The number of nitrogens with zero attached hydrogens (tertiary/aromatic N) is 2. The number of thioether (sulfide) groups is 1. The van der Waals surface area contributed by atoms with Crippen LogP contribution in [0.25, 0.3) is 0 Å². The molecular weight excluding hydrogens is 490 g/mol. The fourth-order valence-electron chi connectivity index (χ4n) is 4.29. The minimum Gasteiger partial charge on any atom is -0.460 e. The summed E-state index contributed by atoms with van der Waals surface area (Å²) in [5.74, 6) is 0.855. The second-order valence-electron chi connectivity index (χ2n) is 9.03. The van der Waals surface area contributed by atoms with Crippen molar-refractivity contribution in [1.29, 1.82) is 0 Å². The molecule has 0 saturated heterocycles. The summed E-state index contributed by atoms with van der Waals surface area (Å²) in [4.78, 5) is 32.7. The van der Waals surface area contributed by atoms with Gasteiger partial charge in [0, 0.05) is 18.8 Å². The van der Waals surface area contributed by atoms with Gasteiger partial charge in [0.2, 0.25) is 5.91 Å². The molecule has 1 unspecified atom stereocenters. The van der Waals surface area contributed by atoms with Gasteiger partial charge in [0.15, 0.2) is 5.17 Å². The molecule has 5 rings (SSSR count). The number of ether oxygens (including phenoxy) is 3. The first-order valence-corrected chi connectivity index (χ1v) is 13.1. The van der Waals surface area contributed by atoms with Gasteiger partial charge >= 0.3 is 5.97 Å². The fraction of sp³-hybridized carbons (Fsp3) is 0.321. The van der Waals surface area contributed by atoms with Crippen molar-refractivity contribution in [1.82, 2.24) is 10.2 Å². The summed E-state index contributed by atoms with van der Waals surface area (Å²) in [6, 6.07) is 16.9. The third-order valence-corrected chi connectivity index (χ3v) is 7.07. The number of rotatable bonds is 10. The van der Waals surface area contributed by atoms with Gasteiger partial charge in [0.1, 0.15) is 18.1 Å². The highest BCUT2D eigenvalue weighted by atomic mass is 32.2. The van der Waals surface area contributed by atoms with E-state index in [4.69, 9.17) is 19.2 Å². The van der Waals surface area contributed by atoms with Crippen molar-refractivity contribution in [3.05, 3.63) is 82.5 Å². The molecule has 2 heterocycles. The van der Waals surface area contributed by atoms with E-state index in [2.05, 4.69) is 5.32 Å². The quantitative estimate of drug-likeness (QED) is 0.352. The van der Waals surface area contributed by atoms with Crippen LogP contribution in [0.1, 0.15) is 37.8 Å². The summed E-state index contributed by atoms with van der Waals surface area (Å²) in [7, 11) is 1.56. The van der Waals surface area contributed by atoms with Gasteiger partial charge < -0.3 is 24.4 Å². The normalized spacial score (nSPS) is 18.6. The van der Waals surface area contributed by atoms with Crippen LogP contribution in [0.5, 0.6) is 11.5 Å². The molecule has 2 aromatic carbocycles. The summed E-state index contributed by atoms with van der Waals surface area (Å²) < 4.78 is 16.7. The van der Waals surface area contributed by atoms with E-state index in [1.807, 2.05) is 71.8 Å². The van der Waals surface area contributed by atoms with Gasteiger partial charge in [-0.3, -0.25) is 4.79 Å². The Labute approximate surface area is 220 Å². The van der Waals surface area contributed by atoms with E-state index in [-0.39, 0.29) is 25.0 Å². The van der Waals surface area contributed by atoms with Gasteiger partial charge in [-0.2, -0.15) is 0 Å². The summed E-state index contributed by atoms with van der Waals surface area (Å²) in [6.45, 7) is 2.24. The number of allylic oxidation sites excluding steroid dienone is 1. The summed E-state index contributed by atoms with van der Waals surface area (Å²) >= 11 is 1.45. The number of amides is 1. The van der Waals surface area contributed by atoms with Crippen molar-refractivity contribution >= 4 is 28.8 Å². The molecule has 2 aliphatic heterocycles. The smallest absolute Gasteiger partial charge is 0.338 e. The zero-order valence-electron chi connectivity index (χ0n) is 20.8. The van der Waals surface area contributed by atoms with Crippen molar-refractivity contribution in [2.24, 2.45) is 4.99 Å². The van der Waals surface area contributed by atoms with Gasteiger partial charge in [-0.25, -0.2) is 9.79 Å². The molecule has 0 aromatic heterocycles. The third kappa shape index (κ3) is 5.89. The number of aliphatic imine (C=N–C) groups is 1. The standard InChI is InChI=1S/C28H29N3O5S/c1-18-25(27(33)35-14-13-34-2)26(19-7-6-10-23(15-19)36-22-8-4-3-5-9-22)31-21(17-37-28(31)29-18)16-24(32)30-20-11-12-20/h3-10,15,17,20,26H,11-14,16H2,1-2H3,(H,30,32). The number of hydrogen-bond donors (Lipinski definition) is 1. The number of carbonyl (C=O) groups excluding carboxylic acids is 2. The first kappa shape index (κ1) is 25.1. The van der Waals surface area contributed by atoms with Crippen molar-refractivity contribution < 1.29 is 23.8 Å². The highest BCUT2D eigenvalue weighted by Gasteiger charge is 2.41. The van der Waals surface area contributed by atoms with E-state index in [1.54, 1.807) is 7.11 Å². The number of hydrogen-bond acceptors (Lipinski definition) is 8. The molecule has 9 heteroatoms. The average molecular weight is 520 g/mol. The Morgan fingerprint density at radius 2 is 1.86 bits per heavy atom. The fourth-order valence-corrected chi connectivity index (χ4v) is 5.25. The highest BCUT2D eigenvalue weighted by molar-refractivity contribution is 8.16. The van der Waals surface area contributed by atoms with Crippen LogP contribution in [-0.2, 0) is 19.1 Å². The van der Waals surface area contributed by atoms with Crippen LogP contribution in [0.3, 0.4) is 0 Å². The van der Waals surface area contributed by atoms with Gasteiger partial charge in [-0.05, 0) is 55.0 Å². The maximum absolute atomic E-state index is 13.3. The SMILES string of the molecule is COCCOC(=O)C1=C(C)N=C2SC=C(CC(=O)NC3CC3)N2C1c1cccc(Oc2ccccc2)c1. The van der Waals surface area contributed by atoms with Gasteiger partial charge in [0.05, 0.1) is 30.3 Å². The Kier molecular flexibility index (Phi) is 7.62. The zero-order valence-corrected chi connectivity index (χ0v) is 21.6. The third-order valence-electron chi connectivity index (χ3n) is 6.18. The van der Waals surface area contributed by atoms with Crippen LogP contribution < -0.4 is 10.1 Å². The Bertz CT molecular complexity index is 1270. The number of nitrogens with one attached hydrogen (secondary N) is 1. The summed E-state index contributed by atoms with van der Waals surface area (Å²) in [5, 5.41) is 5.71. The molecule has 192 valence electrons. The molecule has 37 heavy (non-hydrogen) atoms. The molecule has 3 aliphatic rings. The predicted molar refractivity (Wildman–Crippen MR) is 142 cm³/mol. The molecule has 1 aliphatic carbocycles. The van der Waals surface area contributed by atoms with E-state index >= 15 is 0 Å². The highest BCUT2D eigenvalue weighted by Crippen LogP contribution is 2.45. The maximum Gasteiger partial charge on any atom is 0.338 e. The molecule has 1 fully saturated rings. The van der Waals surface area contributed by atoms with Crippen LogP contribution in [0, 0.1) is 0 Å². The van der Waals surface area contributed by atoms with Crippen molar-refractivity contribution in [3.8, 4) is 11.5 Å². The molecule has 8 nitrogen and oxygen atoms in total. The number of amidine groups is 1. The molecule has 1 N–H and O–H groups in total. The number of carbonyl (C=O) groups is 2. The van der Waals surface area contributed by atoms with Crippen LogP contribution >= 0.6 is 11.8 Å². The van der Waals surface area contributed by atoms with E-state index in [0.717, 1.165) is 29.3 Å². The topological polar surface area (TPSA) is 89.5 Å². The lowest BCUT2D eigenvalue weighted by molar-refractivity contribution is -0.141. The number of para-hydroxylation sites is 1. The van der Waals surface area contributed by atoms with Gasteiger partial charge in [-0.1, -0.05) is 42.1 Å². The summed E-state index contributed by atoms with van der Waals surface area (Å²) in [6.07, 6.45) is 2.24. The van der Waals surface area contributed by atoms with Crippen molar-refractivity contribution in [3.63, 3.8) is 0 Å². The second kappa shape index (κ2) is 11.2. The minimum atomic E-state index is -0.531. The lowest BCUT2D eigenvalue weighted by Crippen LogP contribution is -2.38. The lowest BCUT2D eigenvalue weighted by atomic mass is 9.93. The Morgan fingerprint density at radius 1 is 1.08 bits per heavy atom. The van der Waals surface area contributed by atoms with E-state index in [1.165, 1.54) is 11.8 Å². The molecule has 1 amide bonds. The van der Waals surface area contributed by atoms with Crippen molar-refractivity contribution in [2.75, 3.05) is 20.3 Å². The lowest BCUT2D eigenvalue weighted by Gasteiger charge is -2.36. The van der Waals surface area contributed by atoms with Crippen LogP contribution in [0.2, 0.25) is 0 Å². The molecule has 0 spiro atoms. The molecule has 1 saturated carbocycles. The predicted octanol–water partition coefficient (Wildman–Crippen LogP) is 4.91. The van der Waals surface area contributed by atoms with Crippen molar-refractivity contribution in [2.45, 2.75) is 38.3 Å². The second-order valence-corrected chi connectivity index (χ2v) is 9.86. The minimum absolute atomic E-state index is 0.0361. The number of esters is 1. The molecular formula is C28H29N3O5S. The average Bonchev–Trinajstić information content (AvgIpc) is 3.62. The van der Waals surface area contributed by atoms with Crippen LogP contribution in [0.4, 0.5) is 0 Å². The molecule has 0 bridgehead atoms. The van der Waals surface area contributed by atoms with Gasteiger partial charge in [-0.15, -0.1) is 0 Å². The Morgan fingerprint density at radius 3 is 2.62 bits per heavy atom. The number of methoxy groups -OCH3 is 1. The van der Waals surface area contributed by atoms with Gasteiger partial charge in [0.25, 0.3) is 0 Å². The largest absolute Gasteiger partial charge is 0.460 e. The number of fused-ring (bicyclic) bond motifs is 1. The Balaban J connectivity index is 1.49.